The molecule has 0 bridgehead atoms. The van der Waals surface area contributed by atoms with E-state index in [9.17, 15) is 18.0 Å². The van der Waals surface area contributed by atoms with Crippen molar-refractivity contribution in [3.63, 3.8) is 0 Å². The molecule has 0 aliphatic heterocycles. The number of esters is 1. The highest BCUT2D eigenvalue weighted by molar-refractivity contribution is 7.92. The van der Waals surface area contributed by atoms with Gasteiger partial charge in [0, 0.05) is 19.2 Å². The lowest BCUT2D eigenvalue weighted by Gasteiger charge is -2.20. The Morgan fingerprint density at radius 3 is 2.22 bits per heavy atom. The normalized spacial score (nSPS) is 11.0. The summed E-state index contributed by atoms with van der Waals surface area (Å²) < 4.78 is 31.9. The van der Waals surface area contributed by atoms with Crippen LogP contribution in [-0.2, 0) is 21.3 Å². The first-order valence-corrected chi connectivity index (χ1v) is 11.3. The third-order valence-corrected chi connectivity index (χ3v) is 6.76. The number of sulfonamides is 1. The van der Waals surface area contributed by atoms with Crippen molar-refractivity contribution in [1.82, 2.24) is 5.32 Å². The first-order chi connectivity index (χ1) is 15.2. The Kier molecular flexibility index (Phi) is 6.95. The first kappa shape index (κ1) is 23.0. The number of hydrogen-bond donors (Lipinski definition) is 1. The molecule has 0 saturated heterocycles. The molecule has 0 aliphatic carbocycles. The second-order valence-electron chi connectivity index (χ2n) is 7.21. The number of carbonyl (C=O) groups is 2. The van der Waals surface area contributed by atoms with E-state index in [0.717, 1.165) is 11.1 Å². The fourth-order valence-corrected chi connectivity index (χ4v) is 4.25. The maximum Gasteiger partial charge on any atom is 0.337 e. The molecule has 32 heavy (non-hydrogen) atoms. The van der Waals surface area contributed by atoms with Crippen molar-refractivity contribution in [3.8, 4) is 0 Å². The molecular formula is C24H24N2O5S. The quantitative estimate of drug-likeness (QED) is 0.554. The Hall–Kier alpha value is -3.65. The number of aryl methyl sites for hydroxylation is 1. The van der Waals surface area contributed by atoms with Crippen molar-refractivity contribution < 1.29 is 22.7 Å². The molecule has 0 radical (unpaired) electrons. The van der Waals surface area contributed by atoms with E-state index in [1.165, 1.54) is 36.7 Å². The fraction of sp³-hybridized carbons (Fsp3) is 0.167. The minimum absolute atomic E-state index is 0.0238. The number of rotatable bonds is 7. The second kappa shape index (κ2) is 9.65. The minimum Gasteiger partial charge on any atom is -0.465 e. The SMILES string of the molecule is COC(=O)c1ccc(CNC(=O)c2cccc(S(=O)(=O)N(C)c3ccc(C)cc3)c2)cc1. The molecule has 0 aliphatic rings. The number of amides is 1. The molecule has 0 spiro atoms. The summed E-state index contributed by atoms with van der Waals surface area (Å²) in [5, 5.41) is 2.76. The van der Waals surface area contributed by atoms with Crippen molar-refractivity contribution in [2.45, 2.75) is 18.4 Å². The summed E-state index contributed by atoms with van der Waals surface area (Å²) in [6.07, 6.45) is 0. The number of carbonyl (C=O) groups excluding carboxylic acids is 2. The number of ether oxygens (including phenoxy) is 1. The van der Waals surface area contributed by atoms with E-state index < -0.39 is 21.9 Å². The number of methoxy groups -OCH3 is 1. The van der Waals surface area contributed by atoms with Gasteiger partial charge in [-0.15, -0.1) is 0 Å². The van der Waals surface area contributed by atoms with Gasteiger partial charge >= 0.3 is 5.97 Å². The maximum atomic E-state index is 13.0. The van der Waals surface area contributed by atoms with Crippen LogP contribution in [0.3, 0.4) is 0 Å². The van der Waals surface area contributed by atoms with E-state index in [0.29, 0.717) is 11.3 Å². The van der Waals surface area contributed by atoms with Crippen molar-refractivity contribution in [2.24, 2.45) is 0 Å². The predicted octanol–water partition coefficient (Wildman–Crippen LogP) is 3.54. The summed E-state index contributed by atoms with van der Waals surface area (Å²) in [6.45, 7) is 2.15. The van der Waals surface area contributed by atoms with Crippen molar-refractivity contribution in [2.75, 3.05) is 18.5 Å². The lowest BCUT2D eigenvalue weighted by Crippen LogP contribution is -2.27. The third-order valence-electron chi connectivity index (χ3n) is 4.98. The highest BCUT2D eigenvalue weighted by atomic mass is 32.2. The van der Waals surface area contributed by atoms with E-state index >= 15 is 0 Å². The minimum atomic E-state index is -3.83. The molecule has 7 nitrogen and oxygen atoms in total. The lowest BCUT2D eigenvalue weighted by atomic mass is 10.1. The molecule has 3 rings (SSSR count). The molecule has 0 unspecified atom stereocenters. The predicted molar refractivity (Wildman–Crippen MR) is 122 cm³/mol. The van der Waals surface area contributed by atoms with Crippen LogP contribution in [0.25, 0.3) is 0 Å². The molecular weight excluding hydrogens is 428 g/mol. The van der Waals surface area contributed by atoms with Gasteiger partial charge < -0.3 is 10.1 Å². The van der Waals surface area contributed by atoms with Crippen LogP contribution in [0.5, 0.6) is 0 Å². The Bertz CT molecular complexity index is 1220. The van der Waals surface area contributed by atoms with Gasteiger partial charge in [0.2, 0.25) is 0 Å². The van der Waals surface area contributed by atoms with Gasteiger partial charge in [0.1, 0.15) is 0 Å². The van der Waals surface area contributed by atoms with Crippen LogP contribution >= 0.6 is 0 Å². The molecule has 0 aromatic heterocycles. The Balaban J connectivity index is 1.72. The van der Waals surface area contributed by atoms with Crippen molar-refractivity contribution >= 4 is 27.6 Å². The van der Waals surface area contributed by atoms with E-state index in [1.54, 1.807) is 42.5 Å². The van der Waals surface area contributed by atoms with Gasteiger partial charge in [-0.3, -0.25) is 9.10 Å². The first-order valence-electron chi connectivity index (χ1n) is 9.83. The fourth-order valence-electron chi connectivity index (χ4n) is 3.01. The summed E-state index contributed by atoms with van der Waals surface area (Å²) in [6, 6.07) is 19.7. The number of nitrogens with zero attached hydrogens (tertiary/aromatic N) is 1. The topological polar surface area (TPSA) is 92.8 Å². The summed E-state index contributed by atoms with van der Waals surface area (Å²) in [5.41, 5.74) is 2.99. The number of nitrogens with one attached hydrogen (secondary N) is 1. The van der Waals surface area contributed by atoms with Crippen molar-refractivity contribution in [1.29, 1.82) is 0 Å². The zero-order valence-corrected chi connectivity index (χ0v) is 18.8. The van der Waals surface area contributed by atoms with Gasteiger partial charge in [-0.05, 0) is 55.0 Å². The summed E-state index contributed by atoms with van der Waals surface area (Å²) in [5.74, 6) is -0.841. The van der Waals surface area contributed by atoms with Crippen LogP contribution in [0.1, 0.15) is 31.8 Å². The average Bonchev–Trinajstić information content (AvgIpc) is 2.82. The van der Waals surface area contributed by atoms with Gasteiger partial charge in [-0.25, -0.2) is 13.2 Å². The molecule has 1 N–H and O–H groups in total. The smallest absolute Gasteiger partial charge is 0.337 e. The molecule has 0 heterocycles. The third kappa shape index (κ3) is 5.15. The monoisotopic (exact) mass is 452 g/mol. The molecule has 0 fully saturated rings. The summed E-state index contributed by atoms with van der Waals surface area (Å²) in [7, 11) is -1.05. The Morgan fingerprint density at radius 2 is 1.59 bits per heavy atom. The Labute approximate surface area is 187 Å². The van der Waals surface area contributed by atoms with Crippen LogP contribution in [0.4, 0.5) is 5.69 Å². The molecule has 166 valence electrons. The summed E-state index contributed by atoms with van der Waals surface area (Å²) in [4.78, 5) is 24.1. The van der Waals surface area contributed by atoms with Gasteiger partial charge in [-0.1, -0.05) is 35.9 Å². The average molecular weight is 453 g/mol. The van der Waals surface area contributed by atoms with Gasteiger partial charge in [0.15, 0.2) is 0 Å². The molecule has 1 amide bonds. The zero-order valence-electron chi connectivity index (χ0n) is 18.0. The van der Waals surface area contributed by atoms with Gasteiger partial charge in [0.25, 0.3) is 15.9 Å². The second-order valence-corrected chi connectivity index (χ2v) is 9.18. The van der Waals surface area contributed by atoms with Crippen molar-refractivity contribution in [3.05, 3.63) is 95.1 Å². The van der Waals surface area contributed by atoms with Gasteiger partial charge in [-0.2, -0.15) is 0 Å². The molecule has 0 saturated carbocycles. The van der Waals surface area contributed by atoms with E-state index in [1.807, 2.05) is 19.1 Å². The lowest BCUT2D eigenvalue weighted by molar-refractivity contribution is 0.0600. The van der Waals surface area contributed by atoms with E-state index in [2.05, 4.69) is 10.1 Å². The molecule has 0 atom stereocenters. The number of anilines is 1. The van der Waals surface area contributed by atoms with Crippen LogP contribution in [0, 0.1) is 6.92 Å². The molecule has 3 aromatic carbocycles. The highest BCUT2D eigenvalue weighted by Gasteiger charge is 2.22. The van der Waals surface area contributed by atoms with E-state index in [4.69, 9.17) is 0 Å². The maximum absolute atomic E-state index is 13.0. The molecule has 3 aromatic rings. The van der Waals surface area contributed by atoms with Gasteiger partial charge in [0.05, 0.1) is 23.3 Å². The van der Waals surface area contributed by atoms with Crippen LogP contribution in [0.15, 0.2) is 77.7 Å². The highest BCUT2D eigenvalue weighted by Crippen LogP contribution is 2.23. The number of hydrogen-bond acceptors (Lipinski definition) is 5. The standard InChI is InChI=1S/C24H24N2O5S/c1-17-7-13-21(14-8-17)26(2)32(29,30)22-6-4-5-20(15-22)23(27)25-16-18-9-11-19(12-10-18)24(28)31-3/h4-15H,16H2,1-3H3,(H,25,27). The Morgan fingerprint density at radius 1 is 0.938 bits per heavy atom. The number of benzene rings is 3. The zero-order chi connectivity index (χ0) is 23.3. The molecule has 8 heteroatoms. The van der Waals surface area contributed by atoms with E-state index in [-0.39, 0.29) is 17.0 Å². The van der Waals surface area contributed by atoms with Crippen LogP contribution in [-0.4, -0.2) is 34.5 Å². The summed E-state index contributed by atoms with van der Waals surface area (Å²) >= 11 is 0. The largest absolute Gasteiger partial charge is 0.465 e. The van der Waals surface area contributed by atoms with Crippen LogP contribution in [0.2, 0.25) is 0 Å². The van der Waals surface area contributed by atoms with Crippen LogP contribution < -0.4 is 9.62 Å².